The smallest absolute Gasteiger partial charge is 0.360 e. The Bertz CT molecular complexity index is 1530. The summed E-state index contributed by atoms with van der Waals surface area (Å²) in [6, 6.07) is 5.19. The number of piperidine rings is 1. The lowest BCUT2D eigenvalue weighted by molar-refractivity contribution is -0.137. The number of nitrogens with zero attached hydrogens (tertiary/aromatic N) is 5. The van der Waals surface area contributed by atoms with E-state index in [-0.39, 0.29) is 18.3 Å². The van der Waals surface area contributed by atoms with Crippen LogP contribution in [0.15, 0.2) is 41.6 Å². The van der Waals surface area contributed by atoms with Gasteiger partial charge in [-0.1, -0.05) is 6.07 Å². The topological polar surface area (TPSA) is 118 Å². The second-order valence-electron chi connectivity index (χ2n) is 9.89. The standard InChI is InChI=1S/C27H31FN6O4/c1-16-4-5-22(28)17(2)25(16)18(3)38-34-23-12-19(13-29-26(23)31-27(34)37)20-14-30-33(15-20)21-6-9-32(10-7-21)11-8-24(35)36/h4-5,12-15,18,21H,6-11H2,1-3H3,(H,35,36)(H,29,31,37). The summed E-state index contributed by atoms with van der Waals surface area (Å²) in [5.74, 6) is -1.10. The monoisotopic (exact) mass is 522 g/mol. The van der Waals surface area contributed by atoms with Gasteiger partial charge in [0.25, 0.3) is 0 Å². The maximum Gasteiger partial charge on any atom is 0.360 e. The average molecular weight is 523 g/mol. The van der Waals surface area contributed by atoms with Crippen molar-refractivity contribution in [3.63, 3.8) is 0 Å². The Morgan fingerprint density at radius 1 is 1.24 bits per heavy atom. The number of hydrogen-bond donors (Lipinski definition) is 2. The molecule has 0 spiro atoms. The fraction of sp³-hybridized carbons (Fsp3) is 0.407. The number of carbonyl (C=O) groups is 1. The minimum Gasteiger partial charge on any atom is -0.481 e. The van der Waals surface area contributed by atoms with E-state index in [1.165, 1.54) is 10.8 Å². The van der Waals surface area contributed by atoms with Crippen molar-refractivity contribution in [1.29, 1.82) is 0 Å². The van der Waals surface area contributed by atoms with Crippen molar-refractivity contribution in [2.45, 2.75) is 52.2 Å². The maximum absolute atomic E-state index is 14.2. The molecule has 0 radical (unpaired) electrons. The van der Waals surface area contributed by atoms with Crippen LogP contribution < -0.4 is 10.5 Å². The van der Waals surface area contributed by atoms with E-state index in [2.05, 4.69) is 20.0 Å². The highest BCUT2D eigenvalue weighted by atomic mass is 19.1. The fourth-order valence-corrected chi connectivity index (χ4v) is 5.25. The van der Waals surface area contributed by atoms with E-state index in [0.717, 1.165) is 42.6 Å². The molecule has 1 aliphatic heterocycles. The third-order valence-electron chi connectivity index (χ3n) is 7.34. The van der Waals surface area contributed by atoms with Gasteiger partial charge in [-0.3, -0.25) is 14.5 Å². The summed E-state index contributed by atoms with van der Waals surface area (Å²) in [4.78, 5) is 38.9. The first-order chi connectivity index (χ1) is 18.2. The summed E-state index contributed by atoms with van der Waals surface area (Å²) in [7, 11) is 0. The van der Waals surface area contributed by atoms with Crippen LogP contribution in [-0.2, 0) is 4.79 Å². The number of benzene rings is 1. The number of halogens is 1. The average Bonchev–Trinajstić information content (AvgIpc) is 3.50. The van der Waals surface area contributed by atoms with Gasteiger partial charge in [0.05, 0.1) is 18.7 Å². The second-order valence-corrected chi connectivity index (χ2v) is 9.89. The molecule has 1 aromatic carbocycles. The molecule has 0 aliphatic carbocycles. The lowest BCUT2D eigenvalue weighted by Gasteiger charge is -2.31. The van der Waals surface area contributed by atoms with Gasteiger partial charge < -0.3 is 14.8 Å². The molecule has 5 rings (SSSR count). The number of nitrogens with one attached hydrogen (secondary N) is 1. The van der Waals surface area contributed by atoms with Gasteiger partial charge in [0, 0.05) is 48.7 Å². The second kappa shape index (κ2) is 10.4. The van der Waals surface area contributed by atoms with Gasteiger partial charge in [0.1, 0.15) is 17.4 Å². The van der Waals surface area contributed by atoms with Crippen LogP contribution in [-0.4, -0.2) is 60.1 Å². The van der Waals surface area contributed by atoms with Crippen molar-refractivity contribution < 1.29 is 19.1 Å². The molecule has 1 atom stereocenters. The van der Waals surface area contributed by atoms with Gasteiger partial charge in [-0.2, -0.15) is 5.10 Å². The van der Waals surface area contributed by atoms with Gasteiger partial charge in [0.15, 0.2) is 5.65 Å². The summed E-state index contributed by atoms with van der Waals surface area (Å²) in [6.45, 7) is 7.60. The van der Waals surface area contributed by atoms with Crippen LogP contribution in [0.1, 0.15) is 55.0 Å². The zero-order valence-electron chi connectivity index (χ0n) is 21.6. The molecule has 4 aromatic rings. The molecular weight excluding hydrogens is 491 g/mol. The maximum atomic E-state index is 14.2. The number of aromatic nitrogens is 5. The van der Waals surface area contributed by atoms with Crippen molar-refractivity contribution in [3.05, 3.63) is 69.8 Å². The SMILES string of the molecule is Cc1ccc(F)c(C)c1C(C)On1c(=O)[nH]c2ncc(-c3cnn(C4CCN(CCC(=O)O)CC4)c3)cc21. The molecule has 1 saturated heterocycles. The van der Waals surface area contributed by atoms with E-state index in [9.17, 15) is 14.0 Å². The lowest BCUT2D eigenvalue weighted by atomic mass is 9.98. The number of imidazole rings is 1. The highest BCUT2D eigenvalue weighted by Crippen LogP contribution is 2.28. The zero-order chi connectivity index (χ0) is 27.0. The highest BCUT2D eigenvalue weighted by molar-refractivity contribution is 5.77. The minimum absolute atomic E-state index is 0.153. The van der Waals surface area contributed by atoms with E-state index in [1.54, 1.807) is 32.3 Å². The molecule has 1 aliphatic rings. The van der Waals surface area contributed by atoms with Crippen LogP contribution >= 0.6 is 0 Å². The molecule has 10 nitrogen and oxygen atoms in total. The van der Waals surface area contributed by atoms with Crippen LogP contribution in [0.5, 0.6) is 0 Å². The number of carboxylic acids is 1. The normalized spacial score (nSPS) is 15.7. The lowest BCUT2D eigenvalue weighted by Crippen LogP contribution is -2.36. The number of H-pyrrole nitrogens is 1. The molecule has 38 heavy (non-hydrogen) atoms. The molecule has 3 aromatic heterocycles. The van der Waals surface area contributed by atoms with Gasteiger partial charge >= 0.3 is 11.7 Å². The number of likely N-dealkylation sites (tertiary alicyclic amines) is 1. The largest absolute Gasteiger partial charge is 0.481 e. The van der Waals surface area contributed by atoms with Gasteiger partial charge in [0.2, 0.25) is 0 Å². The quantitative estimate of drug-likeness (QED) is 0.363. The summed E-state index contributed by atoms with van der Waals surface area (Å²) >= 11 is 0. The number of fused-ring (bicyclic) bond motifs is 1. The molecule has 1 unspecified atom stereocenters. The van der Waals surface area contributed by atoms with E-state index in [0.29, 0.717) is 28.8 Å². The Balaban J connectivity index is 1.36. The molecule has 200 valence electrons. The Morgan fingerprint density at radius 3 is 2.74 bits per heavy atom. The zero-order valence-corrected chi connectivity index (χ0v) is 21.6. The van der Waals surface area contributed by atoms with Crippen LogP contribution in [0.3, 0.4) is 0 Å². The fourth-order valence-electron chi connectivity index (χ4n) is 5.25. The van der Waals surface area contributed by atoms with Gasteiger partial charge in [-0.15, -0.1) is 4.73 Å². The first-order valence-corrected chi connectivity index (χ1v) is 12.7. The van der Waals surface area contributed by atoms with Crippen LogP contribution in [0, 0.1) is 19.7 Å². The number of aryl methyl sites for hydroxylation is 1. The molecule has 0 saturated carbocycles. The Labute approximate surface area is 218 Å². The highest BCUT2D eigenvalue weighted by Gasteiger charge is 2.23. The first-order valence-electron chi connectivity index (χ1n) is 12.7. The van der Waals surface area contributed by atoms with E-state index in [4.69, 9.17) is 9.94 Å². The summed E-state index contributed by atoms with van der Waals surface area (Å²) in [5.41, 5.74) is 4.11. The molecule has 0 bridgehead atoms. The summed E-state index contributed by atoms with van der Waals surface area (Å²) in [5, 5.41) is 13.5. The van der Waals surface area contributed by atoms with Crippen molar-refractivity contribution in [1.82, 2.24) is 29.4 Å². The van der Waals surface area contributed by atoms with Crippen molar-refractivity contribution >= 4 is 17.1 Å². The van der Waals surface area contributed by atoms with Gasteiger partial charge in [-0.05, 0) is 56.9 Å². The third kappa shape index (κ3) is 5.06. The van der Waals surface area contributed by atoms with Crippen molar-refractivity contribution in [2.75, 3.05) is 19.6 Å². The predicted molar refractivity (Wildman–Crippen MR) is 139 cm³/mol. The molecule has 0 amide bonds. The molecular formula is C27H31FN6O4. The van der Waals surface area contributed by atoms with Crippen LogP contribution in [0.25, 0.3) is 22.3 Å². The number of pyridine rings is 1. The van der Waals surface area contributed by atoms with Crippen LogP contribution in [0.4, 0.5) is 4.39 Å². The van der Waals surface area contributed by atoms with Crippen LogP contribution in [0.2, 0.25) is 0 Å². The number of aliphatic carboxylic acids is 1. The van der Waals surface area contributed by atoms with Crippen molar-refractivity contribution in [3.8, 4) is 11.1 Å². The number of hydrogen-bond acceptors (Lipinski definition) is 6. The Kier molecular flexibility index (Phi) is 7.02. The Morgan fingerprint density at radius 2 is 2.00 bits per heavy atom. The van der Waals surface area contributed by atoms with E-state index < -0.39 is 17.8 Å². The molecule has 11 heteroatoms. The minimum atomic E-state index is -0.777. The third-order valence-corrected chi connectivity index (χ3v) is 7.34. The predicted octanol–water partition coefficient (Wildman–Crippen LogP) is 3.65. The number of rotatable bonds is 8. The van der Waals surface area contributed by atoms with Gasteiger partial charge in [-0.25, -0.2) is 14.2 Å². The Hall–Kier alpha value is -3.99. The first kappa shape index (κ1) is 25.7. The molecule has 4 heterocycles. The van der Waals surface area contributed by atoms with E-state index >= 15 is 0 Å². The number of carboxylic acid groups (broad SMARTS) is 1. The molecule has 2 N–H and O–H groups in total. The summed E-state index contributed by atoms with van der Waals surface area (Å²) < 4.78 is 17.3. The van der Waals surface area contributed by atoms with E-state index in [1.807, 2.05) is 23.9 Å². The summed E-state index contributed by atoms with van der Waals surface area (Å²) in [6.07, 6.45) is 6.79. The number of aromatic amines is 1. The molecule has 1 fully saturated rings. The van der Waals surface area contributed by atoms with Crippen molar-refractivity contribution in [2.24, 2.45) is 0 Å².